The summed E-state index contributed by atoms with van der Waals surface area (Å²) in [5, 5.41) is 11.8. The second kappa shape index (κ2) is 7.24. The monoisotopic (exact) mass is 299 g/mol. The zero-order valence-corrected chi connectivity index (χ0v) is 12.2. The Kier molecular flexibility index (Phi) is 5.11. The van der Waals surface area contributed by atoms with Crippen LogP contribution in [0.15, 0.2) is 49.3 Å². The maximum absolute atomic E-state index is 11.3. The van der Waals surface area contributed by atoms with E-state index in [0.29, 0.717) is 17.9 Å². The summed E-state index contributed by atoms with van der Waals surface area (Å²) in [5.74, 6) is 0.0872. The van der Waals surface area contributed by atoms with Crippen molar-refractivity contribution in [1.82, 2.24) is 10.5 Å². The van der Waals surface area contributed by atoms with Gasteiger partial charge in [0.15, 0.2) is 0 Å². The first-order valence-electron chi connectivity index (χ1n) is 6.59. The van der Waals surface area contributed by atoms with Crippen molar-refractivity contribution in [1.29, 1.82) is 0 Å². The zero-order chi connectivity index (χ0) is 15.9. The second-order valence-electron chi connectivity index (χ2n) is 4.58. The number of nitrogens with one attached hydrogen (secondary N) is 2. The van der Waals surface area contributed by atoms with E-state index in [9.17, 15) is 4.79 Å². The molecule has 0 unspecified atom stereocenters. The Morgan fingerprint density at radius 3 is 2.68 bits per heavy atom. The van der Waals surface area contributed by atoms with E-state index in [1.807, 2.05) is 18.2 Å². The molecular formula is C16H17N3O3. The van der Waals surface area contributed by atoms with Gasteiger partial charge in [0.1, 0.15) is 5.75 Å². The number of benzene rings is 1. The summed E-state index contributed by atoms with van der Waals surface area (Å²) in [7, 11) is 1.60. The molecule has 2 aromatic rings. The summed E-state index contributed by atoms with van der Waals surface area (Å²) in [4.78, 5) is 15.4. The van der Waals surface area contributed by atoms with Crippen LogP contribution in [0.3, 0.4) is 0 Å². The molecule has 1 heterocycles. The fourth-order valence-electron chi connectivity index (χ4n) is 1.86. The van der Waals surface area contributed by atoms with E-state index in [0.717, 1.165) is 11.3 Å². The van der Waals surface area contributed by atoms with Gasteiger partial charge in [0.25, 0.3) is 5.91 Å². The third kappa shape index (κ3) is 3.83. The zero-order valence-electron chi connectivity index (χ0n) is 12.2. The minimum Gasteiger partial charge on any atom is -0.495 e. The van der Waals surface area contributed by atoms with Crippen LogP contribution in [0.4, 0.5) is 5.69 Å². The van der Waals surface area contributed by atoms with E-state index in [1.54, 1.807) is 37.1 Å². The van der Waals surface area contributed by atoms with Gasteiger partial charge in [-0.05, 0) is 29.3 Å². The number of nitrogens with zero attached hydrogens (tertiary/aromatic N) is 1. The van der Waals surface area contributed by atoms with Crippen LogP contribution in [0, 0.1) is 0 Å². The number of carbonyl (C=O) groups is 1. The molecular weight excluding hydrogens is 282 g/mol. The number of aromatic nitrogens is 1. The molecule has 1 aromatic heterocycles. The van der Waals surface area contributed by atoms with Crippen LogP contribution >= 0.6 is 0 Å². The summed E-state index contributed by atoms with van der Waals surface area (Å²) in [6, 6.07) is 9.08. The fraction of sp³-hybridized carbons (Fsp3) is 0.125. The largest absolute Gasteiger partial charge is 0.495 e. The number of pyridine rings is 1. The van der Waals surface area contributed by atoms with E-state index in [2.05, 4.69) is 16.9 Å². The third-order valence-electron chi connectivity index (χ3n) is 3.11. The van der Waals surface area contributed by atoms with E-state index in [-0.39, 0.29) is 5.57 Å². The molecule has 0 spiro atoms. The molecule has 1 aromatic carbocycles. The lowest BCUT2D eigenvalue weighted by Crippen LogP contribution is -2.19. The quantitative estimate of drug-likeness (QED) is 0.433. The number of carbonyl (C=O) groups excluding carboxylic acids is 1. The van der Waals surface area contributed by atoms with Gasteiger partial charge in [0, 0.05) is 24.0 Å². The number of amides is 1. The predicted molar refractivity (Wildman–Crippen MR) is 83.5 cm³/mol. The minimum atomic E-state index is -0.622. The van der Waals surface area contributed by atoms with Crippen molar-refractivity contribution in [2.75, 3.05) is 12.4 Å². The summed E-state index contributed by atoms with van der Waals surface area (Å²) in [6.07, 6.45) is 3.41. The van der Waals surface area contributed by atoms with Crippen molar-refractivity contribution in [3.8, 4) is 5.75 Å². The number of anilines is 1. The topological polar surface area (TPSA) is 83.5 Å². The predicted octanol–water partition coefficient (Wildman–Crippen LogP) is 2.22. The van der Waals surface area contributed by atoms with Crippen LogP contribution in [-0.4, -0.2) is 23.2 Å². The van der Waals surface area contributed by atoms with Gasteiger partial charge in [0.05, 0.1) is 13.3 Å². The van der Waals surface area contributed by atoms with Gasteiger partial charge in [-0.25, -0.2) is 5.48 Å². The maximum atomic E-state index is 11.3. The van der Waals surface area contributed by atoms with Gasteiger partial charge in [0.2, 0.25) is 0 Å². The van der Waals surface area contributed by atoms with Crippen molar-refractivity contribution >= 4 is 17.2 Å². The van der Waals surface area contributed by atoms with Gasteiger partial charge in [-0.3, -0.25) is 15.0 Å². The van der Waals surface area contributed by atoms with Crippen molar-refractivity contribution in [2.45, 2.75) is 6.54 Å². The molecule has 114 valence electrons. The first-order chi connectivity index (χ1) is 10.6. The molecule has 6 nitrogen and oxygen atoms in total. The van der Waals surface area contributed by atoms with Crippen molar-refractivity contribution in [2.24, 2.45) is 0 Å². The number of hydrogen-bond acceptors (Lipinski definition) is 5. The van der Waals surface area contributed by atoms with Crippen molar-refractivity contribution in [3.05, 3.63) is 60.4 Å². The molecule has 0 aliphatic heterocycles. The van der Waals surface area contributed by atoms with Gasteiger partial charge < -0.3 is 10.1 Å². The number of rotatable bonds is 6. The molecule has 22 heavy (non-hydrogen) atoms. The highest BCUT2D eigenvalue weighted by molar-refractivity contribution is 6.18. The number of hydrogen-bond donors (Lipinski definition) is 3. The maximum Gasteiger partial charge on any atom is 0.274 e. The summed E-state index contributed by atoms with van der Waals surface area (Å²) >= 11 is 0. The molecule has 0 radical (unpaired) electrons. The lowest BCUT2D eigenvalue weighted by molar-refractivity contribution is -0.123. The number of ether oxygens (including phenoxy) is 1. The smallest absolute Gasteiger partial charge is 0.274 e. The van der Waals surface area contributed by atoms with Gasteiger partial charge in [-0.1, -0.05) is 18.7 Å². The highest BCUT2D eigenvalue weighted by Gasteiger charge is 2.07. The average molecular weight is 299 g/mol. The number of hydroxylamine groups is 1. The Morgan fingerprint density at radius 1 is 1.32 bits per heavy atom. The molecule has 0 saturated heterocycles. The molecule has 0 fully saturated rings. The lowest BCUT2D eigenvalue weighted by atomic mass is 10.1. The molecule has 2 rings (SSSR count). The average Bonchev–Trinajstić information content (AvgIpc) is 2.59. The van der Waals surface area contributed by atoms with Crippen molar-refractivity contribution in [3.63, 3.8) is 0 Å². The second-order valence-corrected chi connectivity index (χ2v) is 4.58. The Labute approximate surface area is 128 Å². The van der Waals surface area contributed by atoms with Crippen LogP contribution in [-0.2, 0) is 11.3 Å². The Balaban J connectivity index is 1.99. The molecule has 0 atom stereocenters. The van der Waals surface area contributed by atoms with Crippen LogP contribution in [0.1, 0.15) is 11.1 Å². The first kappa shape index (κ1) is 15.5. The molecule has 6 heteroatoms. The van der Waals surface area contributed by atoms with Crippen LogP contribution < -0.4 is 15.5 Å². The Morgan fingerprint density at radius 2 is 2.05 bits per heavy atom. The Hall–Kier alpha value is -2.86. The van der Waals surface area contributed by atoms with Crippen LogP contribution in [0.2, 0.25) is 0 Å². The Bertz CT molecular complexity index is 669. The number of methoxy groups -OCH3 is 1. The van der Waals surface area contributed by atoms with E-state index in [1.165, 1.54) is 0 Å². The molecule has 3 N–H and O–H groups in total. The molecule has 0 saturated carbocycles. The van der Waals surface area contributed by atoms with Gasteiger partial charge in [-0.15, -0.1) is 0 Å². The lowest BCUT2D eigenvalue weighted by Gasteiger charge is -2.09. The standard InChI is InChI=1S/C16H17N3O3/c1-11(16(20)19-21)13-3-5-14(6-4-13)18-9-12-7-15(22-2)10-17-8-12/h3-8,10,18,21H,1,9H2,2H3,(H,19,20). The summed E-state index contributed by atoms with van der Waals surface area (Å²) in [5.41, 5.74) is 4.29. The molecule has 0 aliphatic rings. The fourth-order valence-corrected chi connectivity index (χ4v) is 1.86. The molecule has 0 aliphatic carbocycles. The third-order valence-corrected chi connectivity index (χ3v) is 3.11. The van der Waals surface area contributed by atoms with Gasteiger partial charge >= 0.3 is 0 Å². The van der Waals surface area contributed by atoms with Crippen LogP contribution in [0.5, 0.6) is 5.75 Å². The van der Waals surface area contributed by atoms with E-state index in [4.69, 9.17) is 9.94 Å². The van der Waals surface area contributed by atoms with E-state index < -0.39 is 5.91 Å². The highest BCUT2D eigenvalue weighted by Crippen LogP contribution is 2.17. The summed E-state index contributed by atoms with van der Waals surface area (Å²) < 4.78 is 5.12. The summed E-state index contributed by atoms with van der Waals surface area (Å²) in [6.45, 7) is 4.22. The SMILES string of the molecule is C=C(C(=O)NO)c1ccc(NCc2cncc(OC)c2)cc1. The van der Waals surface area contributed by atoms with E-state index >= 15 is 0 Å². The first-order valence-corrected chi connectivity index (χ1v) is 6.59. The van der Waals surface area contributed by atoms with Gasteiger partial charge in [-0.2, -0.15) is 0 Å². The van der Waals surface area contributed by atoms with Crippen molar-refractivity contribution < 1.29 is 14.7 Å². The highest BCUT2D eigenvalue weighted by atomic mass is 16.5. The molecule has 1 amide bonds. The molecule has 0 bridgehead atoms. The minimum absolute atomic E-state index is 0.200. The normalized spacial score (nSPS) is 9.91. The van der Waals surface area contributed by atoms with Crippen LogP contribution in [0.25, 0.3) is 5.57 Å².